The van der Waals surface area contributed by atoms with E-state index in [4.69, 9.17) is 0 Å². The van der Waals surface area contributed by atoms with Crippen LogP contribution in [0, 0.1) is 0 Å². The average molecular weight is 242 g/mol. The molecule has 0 spiro atoms. The van der Waals surface area contributed by atoms with E-state index >= 15 is 0 Å². The Kier molecular flexibility index (Phi) is 3.15. The lowest BCUT2D eigenvalue weighted by Crippen LogP contribution is -2.05. The first-order valence-corrected chi connectivity index (χ1v) is 6.58. The van der Waals surface area contributed by atoms with Gasteiger partial charge >= 0.3 is 0 Å². The molecule has 1 aliphatic rings. The zero-order chi connectivity index (χ0) is 12.4. The molecule has 1 N–H and O–H groups in total. The highest BCUT2D eigenvalue weighted by molar-refractivity contribution is 5.29. The first-order valence-electron chi connectivity index (χ1n) is 6.58. The predicted octanol–water partition coefficient (Wildman–Crippen LogP) is 2.50. The quantitative estimate of drug-likeness (QED) is 0.898. The van der Waals surface area contributed by atoms with E-state index in [2.05, 4.69) is 28.0 Å². The molecule has 2 aromatic rings. The predicted molar refractivity (Wildman–Crippen MR) is 70.3 cm³/mol. The lowest BCUT2D eigenvalue weighted by Gasteiger charge is -2.16. The Morgan fingerprint density at radius 1 is 1.39 bits per heavy atom. The number of rotatable bonds is 3. The Morgan fingerprint density at radius 2 is 2.33 bits per heavy atom. The zero-order valence-electron chi connectivity index (χ0n) is 10.4. The summed E-state index contributed by atoms with van der Waals surface area (Å²) >= 11 is 0. The van der Waals surface area contributed by atoms with Crippen LogP contribution in [0.15, 0.2) is 36.9 Å². The van der Waals surface area contributed by atoms with Crippen LogP contribution in [0.4, 0.5) is 0 Å². The van der Waals surface area contributed by atoms with Crippen molar-refractivity contribution in [2.75, 3.05) is 0 Å². The lowest BCUT2D eigenvalue weighted by atomic mass is 9.93. The van der Waals surface area contributed by atoms with Gasteiger partial charge in [-0.1, -0.05) is 6.07 Å². The summed E-state index contributed by atoms with van der Waals surface area (Å²) in [5, 5.41) is 9.94. The van der Waals surface area contributed by atoms with Gasteiger partial charge in [0, 0.05) is 36.9 Å². The molecule has 0 bridgehead atoms. The molecular weight excluding hydrogens is 224 g/mol. The van der Waals surface area contributed by atoms with Crippen molar-refractivity contribution in [3.63, 3.8) is 0 Å². The van der Waals surface area contributed by atoms with Gasteiger partial charge in [-0.25, -0.2) is 0 Å². The fourth-order valence-corrected chi connectivity index (χ4v) is 2.66. The van der Waals surface area contributed by atoms with Crippen molar-refractivity contribution < 1.29 is 5.11 Å². The van der Waals surface area contributed by atoms with Crippen LogP contribution in [0.5, 0.6) is 0 Å². The molecule has 0 aliphatic heterocycles. The van der Waals surface area contributed by atoms with Crippen molar-refractivity contribution in [3.8, 4) is 0 Å². The Morgan fingerprint density at radius 3 is 3.11 bits per heavy atom. The number of aliphatic hydroxyl groups is 1. The minimum Gasteiger partial charge on any atom is -0.388 e. The fraction of sp³-hybridized carbons (Fsp3) is 0.400. The number of aryl methyl sites for hydroxylation is 3. The van der Waals surface area contributed by atoms with Gasteiger partial charge in [-0.15, -0.1) is 0 Å². The molecule has 0 saturated heterocycles. The molecule has 3 heteroatoms. The van der Waals surface area contributed by atoms with E-state index < -0.39 is 0 Å². The summed E-state index contributed by atoms with van der Waals surface area (Å²) in [6, 6.07) is 4.07. The Labute approximate surface area is 107 Å². The van der Waals surface area contributed by atoms with Crippen LogP contribution in [0.2, 0.25) is 0 Å². The fourth-order valence-electron chi connectivity index (χ4n) is 2.66. The summed E-state index contributed by atoms with van der Waals surface area (Å²) in [7, 11) is 0. The minimum atomic E-state index is -0.256. The van der Waals surface area contributed by atoms with E-state index in [1.807, 2.05) is 12.3 Å². The second kappa shape index (κ2) is 4.94. The van der Waals surface area contributed by atoms with Gasteiger partial charge in [0.1, 0.15) is 0 Å². The Balaban J connectivity index is 1.70. The van der Waals surface area contributed by atoms with Gasteiger partial charge in [0.05, 0.1) is 6.10 Å². The van der Waals surface area contributed by atoms with Crippen LogP contribution in [-0.2, 0) is 19.4 Å². The lowest BCUT2D eigenvalue weighted by molar-refractivity contribution is 0.157. The molecule has 2 aromatic heterocycles. The van der Waals surface area contributed by atoms with Crippen molar-refractivity contribution in [1.29, 1.82) is 0 Å². The number of fused-ring (bicyclic) bond motifs is 1. The third-order valence-electron chi connectivity index (χ3n) is 3.66. The largest absolute Gasteiger partial charge is 0.388 e. The molecule has 2 heterocycles. The van der Waals surface area contributed by atoms with E-state index in [0.29, 0.717) is 0 Å². The van der Waals surface area contributed by atoms with Gasteiger partial charge < -0.3 is 9.67 Å². The molecule has 1 unspecified atom stereocenters. The molecule has 0 radical (unpaired) electrons. The van der Waals surface area contributed by atoms with Gasteiger partial charge in [0.15, 0.2) is 0 Å². The van der Waals surface area contributed by atoms with Crippen molar-refractivity contribution in [2.24, 2.45) is 0 Å². The van der Waals surface area contributed by atoms with Crippen molar-refractivity contribution in [1.82, 2.24) is 9.55 Å². The molecule has 1 atom stereocenters. The van der Waals surface area contributed by atoms with Gasteiger partial charge in [0.25, 0.3) is 0 Å². The molecule has 94 valence electrons. The van der Waals surface area contributed by atoms with E-state index in [0.717, 1.165) is 37.8 Å². The number of hydrogen-bond acceptors (Lipinski definition) is 2. The monoisotopic (exact) mass is 242 g/mol. The SMILES string of the molecule is OC1CCCc2cn(CCc3cccnc3)cc21. The summed E-state index contributed by atoms with van der Waals surface area (Å²) in [5.74, 6) is 0. The molecule has 1 aliphatic carbocycles. The highest BCUT2D eigenvalue weighted by Gasteiger charge is 2.19. The molecule has 3 nitrogen and oxygen atoms in total. The Hall–Kier alpha value is -1.61. The topological polar surface area (TPSA) is 38.0 Å². The number of aliphatic hydroxyl groups excluding tert-OH is 1. The van der Waals surface area contributed by atoms with E-state index in [1.54, 1.807) is 6.20 Å². The minimum absolute atomic E-state index is 0.256. The molecular formula is C15H18N2O. The third kappa shape index (κ3) is 2.31. The highest BCUT2D eigenvalue weighted by atomic mass is 16.3. The molecule has 18 heavy (non-hydrogen) atoms. The number of aromatic nitrogens is 2. The van der Waals surface area contributed by atoms with Crippen LogP contribution in [0.3, 0.4) is 0 Å². The average Bonchev–Trinajstić information content (AvgIpc) is 2.82. The highest BCUT2D eigenvalue weighted by Crippen LogP contribution is 2.30. The summed E-state index contributed by atoms with van der Waals surface area (Å²) in [4.78, 5) is 4.12. The molecule has 0 fully saturated rings. The van der Waals surface area contributed by atoms with E-state index in [9.17, 15) is 5.11 Å². The van der Waals surface area contributed by atoms with Crippen molar-refractivity contribution >= 4 is 0 Å². The second-order valence-corrected chi connectivity index (χ2v) is 5.00. The summed E-state index contributed by atoms with van der Waals surface area (Å²) in [6.07, 6.45) is 11.8. The van der Waals surface area contributed by atoms with Gasteiger partial charge in [0.2, 0.25) is 0 Å². The normalized spacial score (nSPS) is 18.6. The van der Waals surface area contributed by atoms with Gasteiger partial charge in [-0.3, -0.25) is 4.98 Å². The second-order valence-electron chi connectivity index (χ2n) is 5.00. The van der Waals surface area contributed by atoms with Crippen molar-refractivity contribution in [3.05, 3.63) is 53.6 Å². The van der Waals surface area contributed by atoms with Crippen LogP contribution in [0.25, 0.3) is 0 Å². The molecule has 0 saturated carbocycles. The maximum atomic E-state index is 9.94. The smallest absolute Gasteiger partial charge is 0.0807 e. The zero-order valence-corrected chi connectivity index (χ0v) is 10.4. The van der Waals surface area contributed by atoms with Crippen LogP contribution < -0.4 is 0 Å². The summed E-state index contributed by atoms with van der Waals surface area (Å²) < 4.78 is 2.20. The van der Waals surface area contributed by atoms with Crippen molar-refractivity contribution in [2.45, 2.75) is 38.3 Å². The van der Waals surface area contributed by atoms with Crippen LogP contribution in [-0.4, -0.2) is 14.7 Å². The molecule has 0 amide bonds. The number of nitrogens with zero attached hydrogens (tertiary/aromatic N) is 2. The van der Waals surface area contributed by atoms with Crippen LogP contribution >= 0.6 is 0 Å². The third-order valence-corrected chi connectivity index (χ3v) is 3.66. The standard InChI is InChI=1S/C15H18N2O/c18-15-5-1-4-13-10-17(11-14(13)15)8-6-12-3-2-7-16-9-12/h2-3,7,9-11,15,18H,1,4-6,8H2. The van der Waals surface area contributed by atoms with Gasteiger partial charge in [-0.05, 0) is 42.9 Å². The molecule has 3 rings (SSSR count). The molecule has 0 aromatic carbocycles. The van der Waals surface area contributed by atoms with Gasteiger partial charge in [-0.2, -0.15) is 0 Å². The maximum absolute atomic E-state index is 9.94. The maximum Gasteiger partial charge on any atom is 0.0807 e. The first kappa shape index (κ1) is 11.5. The summed E-state index contributed by atoms with van der Waals surface area (Å²) in [5.41, 5.74) is 3.71. The number of hydrogen-bond donors (Lipinski definition) is 1. The van der Waals surface area contributed by atoms with Crippen LogP contribution in [0.1, 0.15) is 35.6 Å². The van der Waals surface area contributed by atoms with E-state index in [-0.39, 0.29) is 6.10 Å². The number of pyridine rings is 1. The van der Waals surface area contributed by atoms with E-state index in [1.165, 1.54) is 11.1 Å². The first-order chi connectivity index (χ1) is 8.83. The Bertz CT molecular complexity index is 519. The summed E-state index contributed by atoms with van der Waals surface area (Å²) in [6.45, 7) is 0.950.